The van der Waals surface area contributed by atoms with Gasteiger partial charge in [-0.05, 0) is 65.0 Å². The second-order valence-corrected chi connectivity index (χ2v) is 7.14. The van der Waals surface area contributed by atoms with Gasteiger partial charge in [0.1, 0.15) is 0 Å². The molecule has 134 valence electrons. The van der Waals surface area contributed by atoms with E-state index in [9.17, 15) is 4.79 Å². The molecule has 0 aliphatic rings. The molecule has 0 atom stereocenters. The minimum Gasteiger partial charge on any atom is -0.369 e. The molecule has 6 heteroatoms. The lowest BCUT2D eigenvalue weighted by Crippen LogP contribution is -2.30. The van der Waals surface area contributed by atoms with Crippen LogP contribution in [0.15, 0.2) is 35.5 Å². The van der Waals surface area contributed by atoms with E-state index in [0.29, 0.717) is 11.2 Å². The Bertz CT molecular complexity index is 696. The minimum absolute atomic E-state index is 0.0586. The molecular weight excluding hydrogens is 332 g/mol. The van der Waals surface area contributed by atoms with Crippen LogP contribution in [0.2, 0.25) is 0 Å². The Morgan fingerprint density at radius 1 is 1.16 bits per heavy atom. The number of hydrogen-bond acceptors (Lipinski definition) is 5. The molecule has 0 bridgehead atoms. The van der Waals surface area contributed by atoms with Crippen LogP contribution in [0.4, 0.5) is 11.4 Å². The van der Waals surface area contributed by atoms with Crippen molar-refractivity contribution in [2.24, 2.45) is 0 Å². The van der Waals surface area contributed by atoms with Crippen LogP contribution >= 0.6 is 11.8 Å². The quantitative estimate of drug-likeness (QED) is 0.597. The molecule has 1 N–H and O–H groups in total. The van der Waals surface area contributed by atoms with Gasteiger partial charge >= 0.3 is 0 Å². The second-order valence-electron chi connectivity index (χ2n) is 6.20. The number of aryl methyl sites for hydroxylation is 2. The highest BCUT2D eigenvalue weighted by Crippen LogP contribution is 2.20. The van der Waals surface area contributed by atoms with Gasteiger partial charge in [0.05, 0.1) is 5.75 Å². The first-order valence-electron chi connectivity index (χ1n) is 8.50. The number of aromatic nitrogens is 2. The molecule has 2 rings (SSSR count). The number of carbonyl (C=O) groups excluding carboxylic acids is 1. The Kier molecular flexibility index (Phi) is 6.82. The van der Waals surface area contributed by atoms with E-state index in [-0.39, 0.29) is 11.7 Å². The fraction of sp³-hybridized carbons (Fsp3) is 0.421. The second kappa shape index (κ2) is 8.85. The van der Waals surface area contributed by atoms with Crippen LogP contribution < -0.4 is 10.2 Å². The summed E-state index contributed by atoms with van der Waals surface area (Å²) in [7, 11) is 0. The number of anilines is 2. The number of carbonyl (C=O) groups is 1. The smallest absolute Gasteiger partial charge is 0.234 e. The molecule has 0 spiro atoms. The van der Waals surface area contributed by atoms with Crippen molar-refractivity contribution < 1.29 is 4.79 Å². The van der Waals surface area contributed by atoms with E-state index in [0.717, 1.165) is 29.3 Å². The maximum Gasteiger partial charge on any atom is 0.234 e. The van der Waals surface area contributed by atoms with Crippen molar-refractivity contribution in [2.75, 3.05) is 22.5 Å². The Hall–Kier alpha value is -2.08. The lowest BCUT2D eigenvalue weighted by Gasteiger charge is -2.27. The first kappa shape index (κ1) is 19.2. The number of hydrogen-bond donors (Lipinski definition) is 1. The van der Waals surface area contributed by atoms with E-state index in [4.69, 9.17) is 0 Å². The Labute approximate surface area is 154 Å². The van der Waals surface area contributed by atoms with E-state index in [1.165, 1.54) is 11.8 Å². The summed E-state index contributed by atoms with van der Waals surface area (Å²) in [4.78, 5) is 23.1. The topological polar surface area (TPSA) is 58.1 Å². The van der Waals surface area contributed by atoms with Gasteiger partial charge in [-0.25, -0.2) is 9.97 Å². The van der Waals surface area contributed by atoms with Crippen LogP contribution in [0.3, 0.4) is 0 Å². The zero-order valence-corrected chi connectivity index (χ0v) is 16.4. The highest BCUT2D eigenvalue weighted by molar-refractivity contribution is 7.99. The fourth-order valence-electron chi connectivity index (χ4n) is 2.67. The van der Waals surface area contributed by atoms with Crippen molar-refractivity contribution in [3.63, 3.8) is 0 Å². The van der Waals surface area contributed by atoms with E-state index in [1.54, 1.807) is 0 Å². The number of amides is 1. The molecule has 0 unspecified atom stereocenters. The first-order valence-corrected chi connectivity index (χ1v) is 9.49. The Morgan fingerprint density at radius 3 is 2.28 bits per heavy atom. The molecule has 0 aliphatic carbocycles. The van der Waals surface area contributed by atoms with Gasteiger partial charge in [-0.1, -0.05) is 11.8 Å². The van der Waals surface area contributed by atoms with Gasteiger partial charge in [0.25, 0.3) is 0 Å². The van der Waals surface area contributed by atoms with Crippen molar-refractivity contribution >= 4 is 29.0 Å². The van der Waals surface area contributed by atoms with Crippen molar-refractivity contribution in [3.05, 3.63) is 41.7 Å². The van der Waals surface area contributed by atoms with Gasteiger partial charge < -0.3 is 10.2 Å². The average Bonchev–Trinajstić information content (AvgIpc) is 2.54. The van der Waals surface area contributed by atoms with Crippen molar-refractivity contribution in [1.82, 2.24) is 9.97 Å². The predicted octanol–water partition coefficient (Wildman–Crippen LogP) is 4.06. The predicted molar refractivity (Wildman–Crippen MR) is 105 cm³/mol. The zero-order chi connectivity index (χ0) is 18.4. The molecule has 0 fully saturated rings. The standard InChI is InChI=1S/C19H26N4OS/c1-6-23(13(2)3)17-9-7-16(8-10-17)22-18(24)12-25-19-20-14(4)11-15(5)21-19/h7-11,13H,6,12H2,1-5H3,(H,22,24). The van der Waals surface area contributed by atoms with Gasteiger partial charge in [-0.3, -0.25) is 4.79 Å². The molecular formula is C19H26N4OS. The number of benzene rings is 1. The summed E-state index contributed by atoms with van der Waals surface area (Å²) >= 11 is 1.35. The van der Waals surface area contributed by atoms with Crippen LogP contribution in [0.5, 0.6) is 0 Å². The lowest BCUT2D eigenvalue weighted by atomic mass is 10.2. The van der Waals surface area contributed by atoms with E-state index in [2.05, 4.69) is 41.0 Å². The van der Waals surface area contributed by atoms with Gasteiger partial charge in [-0.15, -0.1) is 0 Å². The van der Waals surface area contributed by atoms with Crippen molar-refractivity contribution in [1.29, 1.82) is 0 Å². The van der Waals surface area contributed by atoms with E-state index >= 15 is 0 Å². The minimum atomic E-state index is -0.0586. The number of thioether (sulfide) groups is 1. The summed E-state index contributed by atoms with van der Waals surface area (Å²) in [6.45, 7) is 11.3. The Morgan fingerprint density at radius 2 is 1.76 bits per heavy atom. The number of rotatable bonds is 7. The largest absolute Gasteiger partial charge is 0.369 e. The van der Waals surface area contributed by atoms with Gasteiger partial charge in [0.15, 0.2) is 5.16 Å². The summed E-state index contributed by atoms with van der Waals surface area (Å²) in [5.74, 6) is 0.231. The molecule has 2 aromatic rings. The number of nitrogens with one attached hydrogen (secondary N) is 1. The van der Waals surface area contributed by atoms with Crippen LogP contribution in [-0.4, -0.2) is 34.2 Å². The molecule has 25 heavy (non-hydrogen) atoms. The molecule has 1 heterocycles. The summed E-state index contributed by atoms with van der Waals surface area (Å²) in [5.41, 5.74) is 3.79. The third-order valence-corrected chi connectivity index (χ3v) is 4.59. The molecule has 1 amide bonds. The van der Waals surface area contributed by atoms with Gasteiger partial charge in [0, 0.05) is 35.3 Å². The zero-order valence-electron chi connectivity index (χ0n) is 15.5. The summed E-state index contributed by atoms with van der Waals surface area (Å²) in [6, 6.07) is 10.3. The third kappa shape index (κ3) is 5.74. The fourth-order valence-corrected chi connectivity index (χ4v) is 3.42. The Balaban J connectivity index is 1.92. The van der Waals surface area contributed by atoms with Gasteiger partial charge in [0.2, 0.25) is 5.91 Å². The van der Waals surface area contributed by atoms with Crippen LogP contribution in [0.1, 0.15) is 32.2 Å². The summed E-state index contributed by atoms with van der Waals surface area (Å²) in [5, 5.41) is 3.56. The molecule has 0 saturated heterocycles. The number of nitrogens with zero attached hydrogens (tertiary/aromatic N) is 3. The first-order chi connectivity index (χ1) is 11.9. The normalized spacial score (nSPS) is 10.8. The maximum atomic E-state index is 12.1. The third-order valence-electron chi connectivity index (χ3n) is 3.74. The van der Waals surface area contributed by atoms with Gasteiger partial charge in [-0.2, -0.15) is 0 Å². The van der Waals surface area contributed by atoms with Crippen LogP contribution in [0, 0.1) is 13.8 Å². The molecule has 0 aliphatic heterocycles. The highest BCUT2D eigenvalue weighted by Gasteiger charge is 2.09. The average molecular weight is 359 g/mol. The van der Waals surface area contributed by atoms with Crippen LogP contribution in [0.25, 0.3) is 0 Å². The molecule has 1 aromatic carbocycles. The molecule has 5 nitrogen and oxygen atoms in total. The molecule has 0 radical (unpaired) electrons. The molecule has 0 saturated carbocycles. The van der Waals surface area contributed by atoms with E-state index < -0.39 is 0 Å². The van der Waals surface area contributed by atoms with Crippen molar-refractivity contribution in [2.45, 2.75) is 45.8 Å². The lowest BCUT2D eigenvalue weighted by molar-refractivity contribution is -0.113. The molecule has 1 aromatic heterocycles. The SMILES string of the molecule is CCN(c1ccc(NC(=O)CSc2nc(C)cc(C)n2)cc1)C(C)C. The maximum absolute atomic E-state index is 12.1. The highest BCUT2D eigenvalue weighted by atomic mass is 32.2. The van der Waals surface area contributed by atoms with Crippen LogP contribution in [-0.2, 0) is 4.79 Å². The summed E-state index contributed by atoms with van der Waals surface area (Å²) in [6.07, 6.45) is 0. The van der Waals surface area contributed by atoms with E-state index in [1.807, 2.05) is 44.2 Å². The van der Waals surface area contributed by atoms with Crippen molar-refractivity contribution in [3.8, 4) is 0 Å². The monoisotopic (exact) mass is 358 g/mol. The summed E-state index contributed by atoms with van der Waals surface area (Å²) < 4.78 is 0.